The van der Waals surface area contributed by atoms with Crippen LogP contribution in [0, 0.1) is 6.92 Å². The van der Waals surface area contributed by atoms with Crippen molar-refractivity contribution in [3.63, 3.8) is 0 Å². The average Bonchev–Trinajstić information content (AvgIpc) is 2.52. The Bertz CT molecular complexity index is 654. The Kier molecular flexibility index (Phi) is 4.89. The molecule has 0 saturated carbocycles. The lowest BCUT2D eigenvalue weighted by molar-refractivity contribution is 0.0218. The van der Waals surface area contributed by atoms with E-state index in [4.69, 9.17) is 9.72 Å². The number of piperazine rings is 1. The van der Waals surface area contributed by atoms with Crippen molar-refractivity contribution in [1.82, 2.24) is 14.9 Å². The lowest BCUT2D eigenvalue weighted by Crippen LogP contribution is -2.55. The third-order valence-corrected chi connectivity index (χ3v) is 4.82. The van der Waals surface area contributed by atoms with Crippen molar-refractivity contribution in [2.75, 3.05) is 24.5 Å². The largest absolute Gasteiger partial charge is 0.444 e. The van der Waals surface area contributed by atoms with Gasteiger partial charge in [0.2, 0.25) is 0 Å². The number of carbonyl (C=O) groups is 1. The lowest BCUT2D eigenvalue weighted by Gasteiger charge is -2.41. The summed E-state index contributed by atoms with van der Waals surface area (Å²) in [6.07, 6.45) is 4.31. The second-order valence-corrected chi connectivity index (χ2v) is 8.20. The standard InChI is InChI=1S/C19H30N4O2/c1-13-12-22(18(24)25-19(3,4)5)10-11-23(13)17-15-8-6-7-9-16(15)20-14(2)21-17/h13H,6-12H2,1-5H3/t13-/m0/s1. The zero-order valence-corrected chi connectivity index (χ0v) is 16.1. The first-order valence-electron chi connectivity index (χ1n) is 9.35. The van der Waals surface area contributed by atoms with Gasteiger partial charge in [0.1, 0.15) is 17.2 Å². The van der Waals surface area contributed by atoms with Gasteiger partial charge in [-0.15, -0.1) is 0 Å². The molecule has 1 aromatic heterocycles. The van der Waals surface area contributed by atoms with E-state index in [1.807, 2.05) is 32.6 Å². The zero-order chi connectivity index (χ0) is 18.2. The smallest absolute Gasteiger partial charge is 0.410 e. The second-order valence-electron chi connectivity index (χ2n) is 8.20. The summed E-state index contributed by atoms with van der Waals surface area (Å²) in [5.74, 6) is 1.93. The van der Waals surface area contributed by atoms with Gasteiger partial charge in [-0.1, -0.05) is 0 Å². The lowest BCUT2D eigenvalue weighted by atomic mass is 9.95. The van der Waals surface area contributed by atoms with Crippen molar-refractivity contribution >= 4 is 11.9 Å². The molecule has 1 aliphatic heterocycles. The molecule has 2 aliphatic rings. The molecule has 0 spiro atoms. The van der Waals surface area contributed by atoms with Crippen LogP contribution in [-0.2, 0) is 17.6 Å². The fraction of sp³-hybridized carbons (Fsp3) is 0.737. The molecule has 2 heterocycles. The summed E-state index contributed by atoms with van der Waals surface area (Å²) in [7, 11) is 0. The number of rotatable bonds is 1. The summed E-state index contributed by atoms with van der Waals surface area (Å²) in [6.45, 7) is 11.9. The van der Waals surface area contributed by atoms with Crippen molar-refractivity contribution < 1.29 is 9.53 Å². The highest BCUT2D eigenvalue weighted by Crippen LogP contribution is 2.30. The molecule has 1 aromatic rings. The van der Waals surface area contributed by atoms with E-state index in [0.717, 1.165) is 31.0 Å². The average molecular weight is 346 g/mol. The van der Waals surface area contributed by atoms with Crippen LogP contribution in [0.4, 0.5) is 10.6 Å². The van der Waals surface area contributed by atoms with Crippen molar-refractivity contribution in [3.8, 4) is 0 Å². The van der Waals surface area contributed by atoms with E-state index in [0.29, 0.717) is 13.1 Å². The second kappa shape index (κ2) is 6.81. The number of hydrogen-bond donors (Lipinski definition) is 0. The van der Waals surface area contributed by atoms with E-state index in [9.17, 15) is 4.79 Å². The number of nitrogens with zero attached hydrogens (tertiary/aromatic N) is 4. The van der Waals surface area contributed by atoms with Crippen LogP contribution in [0.1, 0.15) is 57.6 Å². The Morgan fingerprint density at radius 2 is 1.88 bits per heavy atom. The molecule has 0 N–H and O–H groups in total. The molecule has 0 aromatic carbocycles. The first-order valence-corrected chi connectivity index (χ1v) is 9.35. The quantitative estimate of drug-likeness (QED) is 0.782. The first-order chi connectivity index (χ1) is 11.7. The van der Waals surface area contributed by atoms with Gasteiger partial charge in [0.15, 0.2) is 0 Å². The zero-order valence-electron chi connectivity index (χ0n) is 16.1. The minimum atomic E-state index is -0.458. The van der Waals surface area contributed by atoms with Crippen molar-refractivity contribution in [3.05, 3.63) is 17.1 Å². The van der Waals surface area contributed by atoms with Gasteiger partial charge < -0.3 is 14.5 Å². The Hall–Kier alpha value is -1.85. The number of hydrogen-bond acceptors (Lipinski definition) is 5. The number of ether oxygens (including phenoxy) is 1. The molecule has 1 atom stereocenters. The highest BCUT2D eigenvalue weighted by atomic mass is 16.6. The molecule has 0 radical (unpaired) electrons. The third-order valence-electron chi connectivity index (χ3n) is 4.82. The fourth-order valence-corrected chi connectivity index (χ4v) is 3.70. The number of anilines is 1. The summed E-state index contributed by atoms with van der Waals surface area (Å²) in [4.78, 5) is 25.9. The predicted molar refractivity (Wildman–Crippen MR) is 98.0 cm³/mol. The van der Waals surface area contributed by atoms with Gasteiger partial charge in [0, 0.05) is 36.9 Å². The van der Waals surface area contributed by atoms with E-state index >= 15 is 0 Å². The number of carbonyl (C=O) groups excluding carboxylic acids is 1. The van der Waals surface area contributed by atoms with Gasteiger partial charge in [-0.3, -0.25) is 0 Å². The van der Waals surface area contributed by atoms with Crippen LogP contribution in [-0.4, -0.2) is 52.2 Å². The van der Waals surface area contributed by atoms with Crippen LogP contribution >= 0.6 is 0 Å². The number of aryl methyl sites for hydroxylation is 2. The Balaban J connectivity index is 1.76. The molecule has 1 aliphatic carbocycles. The minimum Gasteiger partial charge on any atom is -0.444 e. The summed E-state index contributed by atoms with van der Waals surface area (Å²) in [5, 5.41) is 0. The van der Waals surface area contributed by atoms with Gasteiger partial charge in [-0.25, -0.2) is 14.8 Å². The molecular formula is C19H30N4O2. The van der Waals surface area contributed by atoms with Gasteiger partial charge in [0.25, 0.3) is 0 Å². The molecule has 25 heavy (non-hydrogen) atoms. The molecule has 1 amide bonds. The Morgan fingerprint density at radius 1 is 1.16 bits per heavy atom. The molecule has 1 fully saturated rings. The van der Waals surface area contributed by atoms with Crippen molar-refractivity contribution in [2.45, 2.75) is 71.9 Å². The van der Waals surface area contributed by atoms with E-state index in [-0.39, 0.29) is 12.1 Å². The molecule has 138 valence electrons. The summed E-state index contributed by atoms with van der Waals surface area (Å²) in [6, 6.07) is 0.210. The molecule has 1 saturated heterocycles. The van der Waals surface area contributed by atoms with E-state index < -0.39 is 5.60 Å². The summed E-state index contributed by atoms with van der Waals surface area (Å²) >= 11 is 0. The van der Waals surface area contributed by atoms with E-state index in [1.165, 1.54) is 24.1 Å². The molecule has 0 unspecified atom stereocenters. The monoisotopic (exact) mass is 346 g/mol. The maximum Gasteiger partial charge on any atom is 0.410 e. The number of amides is 1. The van der Waals surface area contributed by atoms with Gasteiger partial charge >= 0.3 is 6.09 Å². The Labute approximate surface area is 150 Å². The first kappa shape index (κ1) is 18.0. The van der Waals surface area contributed by atoms with Crippen molar-refractivity contribution in [2.24, 2.45) is 0 Å². The van der Waals surface area contributed by atoms with Crippen LogP contribution in [0.5, 0.6) is 0 Å². The molecule has 0 bridgehead atoms. The van der Waals surface area contributed by atoms with Crippen molar-refractivity contribution in [1.29, 1.82) is 0 Å². The molecular weight excluding hydrogens is 316 g/mol. The maximum absolute atomic E-state index is 12.3. The van der Waals surface area contributed by atoms with Gasteiger partial charge in [0.05, 0.1) is 0 Å². The van der Waals surface area contributed by atoms with Gasteiger partial charge in [-0.2, -0.15) is 0 Å². The topological polar surface area (TPSA) is 58.6 Å². The maximum atomic E-state index is 12.3. The van der Waals surface area contributed by atoms with Crippen LogP contribution in [0.25, 0.3) is 0 Å². The summed E-state index contributed by atoms with van der Waals surface area (Å²) in [5.41, 5.74) is 2.07. The van der Waals surface area contributed by atoms with E-state index in [1.54, 1.807) is 0 Å². The predicted octanol–water partition coefficient (Wildman–Crippen LogP) is 3.11. The molecule has 6 heteroatoms. The normalized spacial score (nSPS) is 21.1. The fourth-order valence-electron chi connectivity index (χ4n) is 3.70. The highest BCUT2D eigenvalue weighted by Gasteiger charge is 2.32. The highest BCUT2D eigenvalue weighted by molar-refractivity contribution is 5.69. The third kappa shape index (κ3) is 4.05. The van der Waals surface area contributed by atoms with E-state index in [2.05, 4.69) is 16.8 Å². The summed E-state index contributed by atoms with van der Waals surface area (Å²) < 4.78 is 5.52. The molecule has 3 rings (SSSR count). The van der Waals surface area contributed by atoms with Crippen LogP contribution in [0.3, 0.4) is 0 Å². The van der Waals surface area contributed by atoms with Crippen LogP contribution < -0.4 is 4.90 Å². The van der Waals surface area contributed by atoms with Crippen LogP contribution in [0.2, 0.25) is 0 Å². The number of aromatic nitrogens is 2. The van der Waals surface area contributed by atoms with Crippen LogP contribution in [0.15, 0.2) is 0 Å². The number of fused-ring (bicyclic) bond motifs is 1. The SMILES string of the molecule is Cc1nc2c(c(N3CCN(C(=O)OC(C)(C)C)C[C@@H]3C)n1)CCCC2. The Morgan fingerprint density at radius 3 is 2.56 bits per heavy atom. The minimum absolute atomic E-state index is 0.210. The molecule has 6 nitrogen and oxygen atoms in total. The van der Waals surface area contributed by atoms with Gasteiger partial charge in [-0.05, 0) is 60.3 Å².